The highest BCUT2D eigenvalue weighted by atomic mass is 35.5. The molecule has 0 bridgehead atoms. The molecule has 1 amide bonds. The molecule has 1 aromatic heterocycles. The minimum absolute atomic E-state index is 0.318. The smallest absolute Gasteiger partial charge is 0.259 e. The fraction of sp³-hybridized carbons (Fsp3) is 0.167. The lowest BCUT2D eigenvalue weighted by Crippen LogP contribution is -2.17. The van der Waals surface area contributed by atoms with Gasteiger partial charge in [-0.1, -0.05) is 11.6 Å². The van der Waals surface area contributed by atoms with Crippen LogP contribution in [0.15, 0.2) is 23.7 Å². The van der Waals surface area contributed by atoms with Crippen LogP contribution in [0.25, 0.3) is 0 Å². The largest absolute Gasteiger partial charge is 0.486 e. The van der Waals surface area contributed by atoms with Crippen molar-refractivity contribution in [3.8, 4) is 11.5 Å². The molecule has 7 heteroatoms. The molecule has 1 aliphatic heterocycles. The number of halogens is 1. The average molecular weight is 297 g/mol. The van der Waals surface area contributed by atoms with Crippen molar-refractivity contribution in [3.05, 3.63) is 34.3 Å². The van der Waals surface area contributed by atoms with Crippen molar-refractivity contribution in [1.82, 2.24) is 4.98 Å². The van der Waals surface area contributed by atoms with Crippen molar-refractivity contribution < 1.29 is 14.3 Å². The number of benzene rings is 1. The van der Waals surface area contributed by atoms with Crippen LogP contribution in [0, 0.1) is 0 Å². The van der Waals surface area contributed by atoms with Gasteiger partial charge in [0.25, 0.3) is 5.91 Å². The molecule has 0 saturated carbocycles. The molecule has 0 unspecified atom stereocenters. The lowest BCUT2D eigenvalue weighted by atomic mass is 10.2. The minimum Gasteiger partial charge on any atom is -0.486 e. The summed E-state index contributed by atoms with van der Waals surface area (Å²) in [7, 11) is 0. The molecular formula is C12H9ClN2O3S. The van der Waals surface area contributed by atoms with E-state index in [4.69, 9.17) is 21.1 Å². The van der Waals surface area contributed by atoms with Crippen LogP contribution in [0.4, 0.5) is 5.13 Å². The number of nitrogens with zero attached hydrogens (tertiary/aromatic N) is 1. The highest BCUT2D eigenvalue weighted by molar-refractivity contribution is 7.13. The summed E-state index contributed by atoms with van der Waals surface area (Å²) in [6, 6.07) is 3.17. The predicted octanol–water partition coefficient (Wildman–Crippen LogP) is 2.82. The van der Waals surface area contributed by atoms with E-state index >= 15 is 0 Å². The number of nitrogens with one attached hydrogen (secondary N) is 1. The van der Waals surface area contributed by atoms with Crippen molar-refractivity contribution in [2.45, 2.75) is 0 Å². The van der Waals surface area contributed by atoms with Gasteiger partial charge in [0, 0.05) is 17.6 Å². The zero-order chi connectivity index (χ0) is 13.2. The van der Waals surface area contributed by atoms with E-state index in [9.17, 15) is 4.79 Å². The predicted molar refractivity (Wildman–Crippen MR) is 72.5 cm³/mol. The summed E-state index contributed by atoms with van der Waals surface area (Å²) in [6.45, 7) is 0.941. The van der Waals surface area contributed by atoms with E-state index in [0.717, 1.165) is 0 Å². The maximum absolute atomic E-state index is 12.1. The van der Waals surface area contributed by atoms with Crippen molar-refractivity contribution in [3.63, 3.8) is 0 Å². The molecule has 0 aliphatic carbocycles. The van der Waals surface area contributed by atoms with Gasteiger partial charge in [-0.05, 0) is 6.07 Å². The maximum atomic E-state index is 12.1. The highest BCUT2D eigenvalue weighted by Crippen LogP contribution is 2.35. The topological polar surface area (TPSA) is 60.5 Å². The molecule has 0 fully saturated rings. The number of carbonyl (C=O) groups is 1. The Labute approximate surface area is 118 Å². The van der Waals surface area contributed by atoms with E-state index in [0.29, 0.717) is 40.4 Å². The summed E-state index contributed by atoms with van der Waals surface area (Å²) in [5.74, 6) is 0.763. The Morgan fingerprint density at radius 3 is 2.74 bits per heavy atom. The van der Waals surface area contributed by atoms with E-state index in [-0.39, 0.29) is 5.91 Å². The van der Waals surface area contributed by atoms with Gasteiger partial charge in [0.05, 0.1) is 10.6 Å². The van der Waals surface area contributed by atoms with Crippen LogP contribution < -0.4 is 14.8 Å². The van der Waals surface area contributed by atoms with Crippen LogP contribution >= 0.6 is 22.9 Å². The minimum atomic E-state index is -0.322. The van der Waals surface area contributed by atoms with Gasteiger partial charge < -0.3 is 9.47 Å². The first-order valence-corrected chi connectivity index (χ1v) is 6.80. The average Bonchev–Trinajstić information content (AvgIpc) is 2.90. The van der Waals surface area contributed by atoms with Gasteiger partial charge in [0.1, 0.15) is 13.2 Å². The monoisotopic (exact) mass is 296 g/mol. The van der Waals surface area contributed by atoms with Crippen LogP contribution in [0.3, 0.4) is 0 Å². The molecule has 0 radical (unpaired) electrons. The molecule has 1 N–H and O–H groups in total. The van der Waals surface area contributed by atoms with Crippen LogP contribution in [0.1, 0.15) is 10.4 Å². The number of hydrogen-bond acceptors (Lipinski definition) is 5. The third kappa shape index (κ3) is 2.50. The molecule has 3 rings (SSSR count). The zero-order valence-electron chi connectivity index (χ0n) is 9.68. The Morgan fingerprint density at radius 1 is 1.32 bits per heavy atom. The second-order valence-electron chi connectivity index (χ2n) is 3.77. The van der Waals surface area contributed by atoms with Gasteiger partial charge in [-0.25, -0.2) is 4.98 Å². The first kappa shape index (κ1) is 12.3. The lowest BCUT2D eigenvalue weighted by Gasteiger charge is -2.19. The number of aromatic nitrogens is 1. The summed E-state index contributed by atoms with van der Waals surface area (Å²) in [6.07, 6.45) is 1.62. The van der Waals surface area contributed by atoms with E-state index in [2.05, 4.69) is 10.3 Å². The second-order valence-corrected chi connectivity index (χ2v) is 5.07. The van der Waals surface area contributed by atoms with Crippen molar-refractivity contribution >= 4 is 34.0 Å². The van der Waals surface area contributed by atoms with Gasteiger partial charge in [-0.15, -0.1) is 11.3 Å². The fourth-order valence-electron chi connectivity index (χ4n) is 1.69. The fourth-order valence-corrected chi connectivity index (χ4v) is 2.45. The van der Waals surface area contributed by atoms with E-state index in [1.54, 1.807) is 23.7 Å². The number of thiazole rings is 1. The van der Waals surface area contributed by atoms with Gasteiger partial charge >= 0.3 is 0 Å². The molecule has 0 saturated heterocycles. The Morgan fingerprint density at radius 2 is 2.05 bits per heavy atom. The van der Waals surface area contributed by atoms with E-state index in [1.165, 1.54) is 11.3 Å². The molecule has 0 spiro atoms. The number of hydrogen-bond donors (Lipinski definition) is 1. The molecule has 98 valence electrons. The van der Waals surface area contributed by atoms with Crippen LogP contribution in [0.2, 0.25) is 5.02 Å². The molecule has 1 aromatic carbocycles. The molecule has 2 aromatic rings. The molecule has 5 nitrogen and oxygen atoms in total. The number of fused-ring (bicyclic) bond motifs is 1. The normalized spacial score (nSPS) is 13.1. The summed E-state index contributed by atoms with van der Waals surface area (Å²) >= 11 is 7.42. The number of carbonyl (C=O) groups excluding carboxylic acids is 1. The third-order valence-corrected chi connectivity index (χ3v) is 3.53. The Bertz CT molecular complexity index is 616. The van der Waals surface area contributed by atoms with Crippen molar-refractivity contribution in [1.29, 1.82) is 0 Å². The first-order valence-electron chi connectivity index (χ1n) is 5.54. The number of rotatable bonds is 2. The number of amides is 1. The first-order chi connectivity index (χ1) is 9.24. The Kier molecular flexibility index (Phi) is 3.27. The molecule has 19 heavy (non-hydrogen) atoms. The van der Waals surface area contributed by atoms with Crippen molar-refractivity contribution in [2.75, 3.05) is 18.5 Å². The highest BCUT2D eigenvalue weighted by Gasteiger charge is 2.19. The summed E-state index contributed by atoms with van der Waals surface area (Å²) in [5.41, 5.74) is 0.334. The third-order valence-electron chi connectivity index (χ3n) is 2.53. The van der Waals surface area contributed by atoms with Gasteiger partial charge in [0.15, 0.2) is 16.6 Å². The summed E-state index contributed by atoms with van der Waals surface area (Å²) in [5, 5.41) is 5.29. The Balaban J connectivity index is 1.89. The van der Waals surface area contributed by atoms with Gasteiger partial charge in [-0.3, -0.25) is 10.1 Å². The SMILES string of the molecule is O=C(Nc1nccs1)c1cc2c(cc1Cl)OCCO2. The standard InChI is InChI=1S/C12H9ClN2O3S/c13-8-6-10-9(17-2-3-18-10)5-7(8)11(16)15-12-14-1-4-19-12/h1,4-6H,2-3H2,(H,14,15,16). The van der Waals surface area contributed by atoms with Gasteiger partial charge in [0.2, 0.25) is 0 Å². The quantitative estimate of drug-likeness (QED) is 0.926. The molecule has 0 atom stereocenters. The van der Waals surface area contributed by atoms with Crippen LogP contribution in [0.5, 0.6) is 11.5 Å². The van der Waals surface area contributed by atoms with E-state index in [1.807, 2.05) is 0 Å². The van der Waals surface area contributed by atoms with Crippen LogP contribution in [-0.2, 0) is 0 Å². The van der Waals surface area contributed by atoms with Crippen molar-refractivity contribution in [2.24, 2.45) is 0 Å². The zero-order valence-corrected chi connectivity index (χ0v) is 11.3. The lowest BCUT2D eigenvalue weighted by molar-refractivity contribution is 0.102. The second kappa shape index (κ2) is 5.07. The number of anilines is 1. The van der Waals surface area contributed by atoms with E-state index < -0.39 is 0 Å². The maximum Gasteiger partial charge on any atom is 0.259 e. The van der Waals surface area contributed by atoms with Gasteiger partial charge in [-0.2, -0.15) is 0 Å². The summed E-state index contributed by atoms with van der Waals surface area (Å²) < 4.78 is 10.8. The summed E-state index contributed by atoms with van der Waals surface area (Å²) in [4.78, 5) is 16.1. The molecular weight excluding hydrogens is 288 g/mol. The molecule has 1 aliphatic rings. The van der Waals surface area contributed by atoms with Crippen LogP contribution in [-0.4, -0.2) is 24.1 Å². The molecule has 2 heterocycles. The number of ether oxygens (including phenoxy) is 2. The Hall–Kier alpha value is -1.79.